The van der Waals surface area contributed by atoms with Crippen molar-refractivity contribution in [3.63, 3.8) is 0 Å². The van der Waals surface area contributed by atoms with Crippen molar-refractivity contribution in [3.8, 4) is 11.5 Å². The number of hydrogen-bond acceptors (Lipinski definition) is 4. The third kappa shape index (κ3) is 4.99. The lowest BCUT2D eigenvalue weighted by atomic mass is 10.1. The molecule has 0 spiro atoms. The van der Waals surface area contributed by atoms with E-state index in [2.05, 4.69) is 10.9 Å². The summed E-state index contributed by atoms with van der Waals surface area (Å²) < 4.78 is 10.4. The van der Waals surface area contributed by atoms with Crippen molar-refractivity contribution in [2.75, 3.05) is 14.2 Å². The number of methoxy groups -OCH3 is 2. The molecule has 2 aromatic carbocycles. The predicted octanol–water partition coefficient (Wildman–Crippen LogP) is 2.83. The Kier molecular flexibility index (Phi) is 6.42. The Bertz CT molecular complexity index is 805. The Labute approximate surface area is 150 Å². The Morgan fingerprint density at radius 2 is 1.80 bits per heavy atom. The molecule has 0 aromatic heterocycles. The van der Waals surface area contributed by atoms with Gasteiger partial charge in [0.25, 0.3) is 11.8 Å². The van der Waals surface area contributed by atoms with E-state index in [0.29, 0.717) is 22.1 Å². The van der Waals surface area contributed by atoms with Crippen LogP contribution in [0.4, 0.5) is 0 Å². The molecule has 6 nitrogen and oxygen atoms in total. The summed E-state index contributed by atoms with van der Waals surface area (Å²) >= 11 is 5.92. The number of hydrazine groups is 1. The topological polar surface area (TPSA) is 76.7 Å². The summed E-state index contributed by atoms with van der Waals surface area (Å²) in [6.45, 7) is 0. The first-order chi connectivity index (χ1) is 12.0. The molecule has 0 aliphatic heterocycles. The lowest BCUT2D eigenvalue weighted by Gasteiger charge is -2.08. The zero-order valence-corrected chi connectivity index (χ0v) is 14.5. The Morgan fingerprint density at radius 1 is 1.04 bits per heavy atom. The highest BCUT2D eigenvalue weighted by Gasteiger charge is 2.09. The van der Waals surface area contributed by atoms with Crippen LogP contribution in [0.1, 0.15) is 15.9 Å². The van der Waals surface area contributed by atoms with Gasteiger partial charge in [0, 0.05) is 17.7 Å². The summed E-state index contributed by atoms with van der Waals surface area (Å²) in [6.07, 6.45) is 2.84. The van der Waals surface area contributed by atoms with Gasteiger partial charge in [-0.15, -0.1) is 0 Å². The molecule has 0 aliphatic rings. The van der Waals surface area contributed by atoms with Crippen molar-refractivity contribution < 1.29 is 19.1 Å². The van der Waals surface area contributed by atoms with Gasteiger partial charge in [-0.25, -0.2) is 0 Å². The fourth-order valence-corrected chi connectivity index (χ4v) is 2.22. The summed E-state index contributed by atoms with van der Waals surface area (Å²) in [5.74, 6) is 0.196. The number of halogens is 1. The summed E-state index contributed by atoms with van der Waals surface area (Å²) in [5, 5.41) is 0.299. The smallest absolute Gasteiger partial charge is 0.271 e. The van der Waals surface area contributed by atoms with Crippen molar-refractivity contribution in [2.24, 2.45) is 0 Å². The number of carbonyl (C=O) groups excluding carboxylic acids is 2. The second-order valence-electron chi connectivity index (χ2n) is 4.86. The minimum absolute atomic E-state index is 0.269. The molecule has 7 heteroatoms. The predicted molar refractivity (Wildman–Crippen MR) is 95.6 cm³/mol. The molecule has 0 atom stereocenters. The number of benzene rings is 2. The first-order valence-corrected chi connectivity index (χ1v) is 7.68. The minimum atomic E-state index is -0.505. The third-order valence-electron chi connectivity index (χ3n) is 3.27. The van der Waals surface area contributed by atoms with Crippen molar-refractivity contribution in [3.05, 3.63) is 64.7 Å². The van der Waals surface area contributed by atoms with Crippen LogP contribution in [0.3, 0.4) is 0 Å². The van der Waals surface area contributed by atoms with Crippen LogP contribution in [0.2, 0.25) is 5.02 Å². The molecule has 0 radical (unpaired) electrons. The van der Waals surface area contributed by atoms with Gasteiger partial charge in [0.15, 0.2) is 0 Å². The summed E-state index contributed by atoms with van der Waals surface area (Å²) in [4.78, 5) is 23.8. The van der Waals surface area contributed by atoms with E-state index < -0.39 is 11.8 Å². The monoisotopic (exact) mass is 360 g/mol. The second kappa shape index (κ2) is 8.75. The first-order valence-electron chi connectivity index (χ1n) is 7.30. The van der Waals surface area contributed by atoms with Crippen LogP contribution < -0.4 is 20.3 Å². The van der Waals surface area contributed by atoms with E-state index in [-0.39, 0.29) is 5.56 Å². The second-order valence-corrected chi connectivity index (χ2v) is 5.27. The van der Waals surface area contributed by atoms with Crippen molar-refractivity contribution in [1.82, 2.24) is 10.9 Å². The van der Waals surface area contributed by atoms with Gasteiger partial charge >= 0.3 is 0 Å². The summed E-state index contributed by atoms with van der Waals surface area (Å²) in [5.41, 5.74) is 5.55. The lowest BCUT2D eigenvalue weighted by Crippen LogP contribution is -2.40. The van der Waals surface area contributed by atoms with Crippen LogP contribution in [-0.2, 0) is 4.79 Å². The zero-order valence-electron chi connectivity index (χ0n) is 13.7. The van der Waals surface area contributed by atoms with E-state index in [4.69, 9.17) is 21.1 Å². The molecule has 2 rings (SSSR count). The van der Waals surface area contributed by atoms with Gasteiger partial charge in [-0.3, -0.25) is 20.4 Å². The molecule has 2 amide bonds. The highest BCUT2D eigenvalue weighted by molar-refractivity contribution is 6.33. The molecule has 0 saturated carbocycles. The highest BCUT2D eigenvalue weighted by Crippen LogP contribution is 2.25. The lowest BCUT2D eigenvalue weighted by molar-refractivity contribution is -0.117. The first kappa shape index (κ1) is 18.4. The van der Waals surface area contributed by atoms with Crippen LogP contribution in [0.5, 0.6) is 11.5 Å². The number of rotatable bonds is 5. The number of hydrogen-bond donors (Lipinski definition) is 2. The average Bonchev–Trinajstić information content (AvgIpc) is 2.64. The molecule has 130 valence electrons. The van der Waals surface area contributed by atoms with Gasteiger partial charge in [0.1, 0.15) is 11.5 Å². The SMILES string of the molecule is COc1ccc(/C=C/C(=O)NNC(=O)c2ccccc2Cl)c(OC)c1. The van der Waals surface area contributed by atoms with Crippen LogP contribution in [-0.4, -0.2) is 26.0 Å². The van der Waals surface area contributed by atoms with Crippen LogP contribution >= 0.6 is 11.6 Å². The van der Waals surface area contributed by atoms with E-state index in [1.165, 1.54) is 13.2 Å². The molecule has 2 N–H and O–H groups in total. The zero-order chi connectivity index (χ0) is 18.2. The van der Waals surface area contributed by atoms with Gasteiger partial charge in [0.2, 0.25) is 0 Å². The number of carbonyl (C=O) groups is 2. The third-order valence-corrected chi connectivity index (χ3v) is 3.60. The molecule has 0 unspecified atom stereocenters. The van der Waals surface area contributed by atoms with Gasteiger partial charge in [-0.2, -0.15) is 0 Å². The molecule has 25 heavy (non-hydrogen) atoms. The molecule has 0 aliphatic carbocycles. The van der Waals surface area contributed by atoms with E-state index in [1.54, 1.807) is 55.7 Å². The highest BCUT2D eigenvalue weighted by atomic mass is 35.5. The number of amides is 2. The molecular formula is C18H17ClN2O4. The van der Waals surface area contributed by atoms with Crippen LogP contribution in [0.15, 0.2) is 48.5 Å². The number of ether oxygens (including phenoxy) is 2. The maximum Gasteiger partial charge on any atom is 0.271 e. The minimum Gasteiger partial charge on any atom is -0.497 e. The van der Waals surface area contributed by atoms with Crippen molar-refractivity contribution >= 4 is 29.5 Å². The standard InChI is InChI=1S/C18H17ClN2O4/c1-24-13-9-7-12(16(11-13)25-2)8-10-17(22)20-21-18(23)14-5-3-4-6-15(14)19/h3-11H,1-2H3,(H,20,22)(H,21,23)/b10-8+. The molecule has 0 bridgehead atoms. The quantitative estimate of drug-likeness (QED) is 0.635. The van der Waals surface area contributed by atoms with Crippen LogP contribution in [0.25, 0.3) is 6.08 Å². The Morgan fingerprint density at radius 3 is 2.48 bits per heavy atom. The van der Waals surface area contributed by atoms with E-state index in [9.17, 15) is 9.59 Å². The number of nitrogens with one attached hydrogen (secondary N) is 2. The van der Waals surface area contributed by atoms with Gasteiger partial charge in [-0.05, 0) is 30.3 Å². The van der Waals surface area contributed by atoms with Crippen LogP contribution in [0, 0.1) is 0 Å². The molecule has 0 fully saturated rings. The van der Waals surface area contributed by atoms with E-state index in [1.807, 2.05) is 0 Å². The average molecular weight is 361 g/mol. The van der Waals surface area contributed by atoms with E-state index >= 15 is 0 Å². The molecule has 0 saturated heterocycles. The van der Waals surface area contributed by atoms with E-state index in [0.717, 1.165) is 0 Å². The van der Waals surface area contributed by atoms with Gasteiger partial charge in [0.05, 0.1) is 24.8 Å². The summed E-state index contributed by atoms with van der Waals surface area (Å²) in [6, 6.07) is 11.7. The maximum absolute atomic E-state index is 11.9. The van der Waals surface area contributed by atoms with Crippen molar-refractivity contribution in [2.45, 2.75) is 0 Å². The Hall–Kier alpha value is -2.99. The molecule has 2 aromatic rings. The van der Waals surface area contributed by atoms with Crippen molar-refractivity contribution in [1.29, 1.82) is 0 Å². The molecular weight excluding hydrogens is 344 g/mol. The maximum atomic E-state index is 11.9. The van der Waals surface area contributed by atoms with Gasteiger partial charge < -0.3 is 9.47 Å². The normalized spacial score (nSPS) is 10.4. The summed E-state index contributed by atoms with van der Waals surface area (Å²) in [7, 11) is 3.08. The molecule has 0 heterocycles. The van der Waals surface area contributed by atoms with Gasteiger partial charge in [-0.1, -0.05) is 23.7 Å². The fourth-order valence-electron chi connectivity index (χ4n) is 1.99. The fraction of sp³-hybridized carbons (Fsp3) is 0.111. The Balaban J connectivity index is 1.97. The largest absolute Gasteiger partial charge is 0.497 e.